The Balaban J connectivity index is 1.68. The third kappa shape index (κ3) is 6.06. The number of nitrogens with zero attached hydrogens (tertiary/aromatic N) is 1. The van der Waals surface area contributed by atoms with Crippen LogP contribution in [0.2, 0.25) is 0 Å². The Morgan fingerprint density at radius 3 is 2.29 bits per heavy atom. The maximum absolute atomic E-state index is 12.9. The molecule has 0 amide bonds. The first-order chi connectivity index (χ1) is 13.6. The molecule has 0 radical (unpaired) electrons. The number of rotatable bonds is 8. The summed E-state index contributed by atoms with van der Waals surface area (Å²) < 4.78 is 0. The van der Waals surface area contributed by atoms with Crippen molar-refractivity contribution in [3.63, 3.8) is 0 Å². The molecular formula is C23H25NO3S. The highest BCUT2D eigenvalue weighted by molar-refractivity contribution is 7.99. The molecule has 1 saturated carbocycles. The normalized spacial score (nSPS) is 14.8. The van der Waals surface area contributed by atoms with Crippen LogP contribution in [0.3, 0.4) is 0 Å². The van der Waals surface area contributed by atoms with E-state index < -0.39 is 5.97 Å². The smallest absolute Gasteiger partial charge is 0.318 e. The maximum atomic E-state index is 12.9. The highest BCUT2D eigenvalue weighted by atomic mass is 32.2. The van der Waals surface area contributed by atoms with Gasteiger partial charge in [-0.2, -0.15) is 0 Å². The first-order valence-corrected chi connectivity index (χ1v) is 10.6. The standard InChI is InChI=1S/C23H25NO3S/c1-17(25)27-24-22(16-11-18-7-5-6-8-18)23(26)19-12-14-21(15-13-19)28-20-9-3-2-4-10-20/h2-4,9-10,12-15,18H,5-8,11,16H2,1H3. The predicted molar refractivity (Wildman–Crippen MR) is 112 cm³/mol. The second kappa shape index (κ2) is 10.2. The first-order valence-electron chi connectivity index (χ1n) is 9.74. The van der Waals surface area contributed by atoms with Gasteiger partial charge in [-0.25, -0.2) is 4.79 Å². The van der Waals surface area contributed by atoms with E-state index in [1.54, 1.807) is 11.8 Å². The lowest BCUT2D eigenvalue weighted by molar-refractivity contribution is -0.140. The second-order valence-electron chi connectivity index (χ2n) is 7.08. The van der Waals surface area contributed by atoms with Gasteiger partial charge in [0, 0.05) is 22.3 Å². The van der Waals surface area contributed by atoms with Crippen LogP contribution in [0.4, 0.5) is 0 Å². The van der Waals surface area contributed by atoms with Crippen molar-refractivity contribution in [3.05, 3.63) is 60.2 Å². The van der Waals surface area contributed by atoms with Crippen LogP contribution < -0.4 is 0 Å². The summed E-state index contributed by atoms with van der Waals surface area (Å²) in [7, 11) is 0. The Kier molecular flexibility index (Phi) is 7.43. The van der Waals surface area contributed by atoms with Gasteiger partial charge in [0.05, 0.1) is 0 Å². The van der Waals surface area contributed by atoms with E-state index in [9.17, 15) is 9.59 Å². The molecule has 0 spiro atoms. The first kappa shape index (κ1) is 20.3. The minimum absolute atomic E-state index is 0.171. The van der Waals surface area contributed by atoms with Gasteiger partial charge in [-0.05, 0) is 55.2 Å². The van der Waals surface area contributed by atoms with Gasteiger partial charge in [-0.1, -0.05) is 60.8 Å². The van der Waals surface area contributed by atoms with Gasteiger partial charge in [0.1, 0.15) is 5.71 Å². The van der Waals surface area contributed by atoms with Crippen molar-refractivity contribution in [2.45, 2.75) is 55.2 Å². The molecule has 0 bridgehead atoms. The Labute approximate surface area is 170 Å². The summed E-state index contributed by atoms with van der Waals surface area (Å²) in [5.41, 5.74) is 0.889. The fraction of sp³-hybridized carbons (Fsp3) is 0.348. The summed E-state index contributed by atoms with van der Waals surface area (Å²) in [5, 5.41) is 3.86. The average Bonchev–Trinajstić information content (AvgIpc) is 3.22. The van der Waals surface area contributed by atoms with Crippen molar-refractivity contribution in [2.24, 2.45) is 11.1 Å². The van der Waals surface area contributed by atoms with Gasteiger partial charge in [-0.3, -0.25) is 4.79 Å². The molecule has 0 N–H and O–H groups in total. The molecule has 2 aromatic carbocycles. The van der Waals surface area contributed by atoms with E-state index >= 15 is 0 Å². The molecule has 0 aliphatic heterocycles. The Bertz CT molecular complexity index is 825. The summed E-state index contributed by atoms with van der Waals surface area (Å²) >= 11 is 1.65. The van der Waals surface area contributed by atoms with E-state index in [2.05, 4.69) is 17.3 Å². The van der Waals surface area contributed by atoms with Gasteiger partial charge < -0.3 is 4.84 Å². The van der Waals surface area contributed by atoms with Crippen molar-refractivity contribution in [3.8, 4) is 0 Å². The van der Waals surface area contributed by atoms with Gasteiger partial charge in [0.25, 0.3) is 0 Å². The predicted octanol–water partition coefficient (Wildman–Crippen LogP) is 5.91. The number of oxime groups is 1. The van der Waals surface area contributed by atoms with Crippen LogP contribution in [-0.4, -0.2) is 17.5 Å². The number of benzene rings is 2. The van der Waals surface area contributed by atoms with Crippen LogP contribution in [0.15, 0.2) is 69.5 Å². The minimum atomic E-state index is -0.513. The monoisotopic (exact) mass is 395 g/mol. The van der Waals surface area contributed by atoms with Crippen molar-refractivity contribution in [1.82, 2.24) is 0 Å². The molecule has 0 atom stereocenters. The lowest BCUT2D eigenvalue weighted by Crippen LogP contribution is -2.17. The highest BCUT2D eigenvalue weighted by Gasteiger charge is 2.20. The summed E-state index contributed by atoms with van der Waals surface area (Å²) in [6.45, 7) is 1.29. The van der Waals surface area contributed by atoms with Crippen LogP contribution >= 0.6 is 11.8 Å². The van der Waals surface area contributed by atoms with E-state index in [1.165, 1.54) is 32.6 Å². The molecule has 1 fully saturated rings. The molecule has 0 saturated heterocycles. The molecule has 1 aliphatic carbocycles. The molecule has 1 aliphatic rings. The molecule has 3 rings (SSSR count). The van der Waals surface area contributed by atoms with Crippen LogP contribution in [-0.2, 0) is 9.63 Å². The highest BCUT2D eigenvalue weighted by Crippen LogP contribution is 2.30. The molecule has 4 nitrogen and oxygen atoms in total. The number of carbonyl (C=O) groups excluding carboxylic acids is 2. The molecule has 28 heavy (non-hydrogen) atoms. The quantitative estimate of drug-likeness (QED) is 0.241. The molecule has 0 unspecified atom stereocenters. The fourth-order valence-corrected chi connectivity index (χ4v) is 4.26. The maximum Gasteiger partial charge on any atom is 0.331 e. The summed E-state index contributed by atoms with van der Waals surface area (Å²) in [4.78, 5) is 31.0. The third-order valence-corrected chi connectivity index (χ3v) is 5.92. The van der Waals surface area contributed by atoms with E-state index in [0.717, 1.165) is 16.2 Å². The lowest BCUT2D eigenvalue weighted by atomic mass is 9.96. The SMILES string of the molecule is CC(=O)ON=C(CCC1CCCC1)C(=O)c1ccc(Sc2ccccc2)cc1. The van der Waals surface area contributed by atoms with E-state index in [1.807, 2.05) is 42.5 Å². The number of hydrogen-bond donors (Lipinski definition) is 0. The molecular weight excluding hydrogens is 370 g/mol. The van der Waals surface area contributed by atoms with Crippen molar-refractivity contribution >= 4 is 29.2 Å². The molecule has 5 heteroatoms. The summed E-state index contributed by atoms with van der Waals surface area (Å²) in [6, 6.07) is 17.6. The van der Waals surface area contributed by atoms with Gasteiger partial charge in [0.15, 0.2) is 0 Å². The minimum Gasteiger partial charge on any atom is -0.318 e. The summed E-state index contributed by atoms with van der Waals surface area (Å²) in [6.07, 6.45) is 6.39. The Hall–Kier alpha value is -2.40. The number of Topliss-reactive ketones (excluding diaryl/α,β-unsaturated/α-hetero) is 1. The zero-order valence-corrected chi connectivity index (χ0v) is 16.9. The number of hydrogen-bond acceptors (Lipinski definition) is 5. The van der Waals surface area contributed by atoms with E-state index in [-0.39, 0.29) is 5.78 Å². The van der Waals surface area contributed by atoms with Gasteiger partial charge in [-0.15, -0.1) is 0 Å². The largest absolute Gasteiger partial charge is 0.331 e. The van der Waals surface area contributed by atoms with Crippen LogP contribution in [0.1, 0.15) is 55.8 Å². The van der Waals surface area contributed by atoms with E-state index in [0.29, 0.717) is 23.6 Å². The summed E-state index contributed by atoms with van der Waals surface area (Å²) in [5.74, 6) is -0.0451. The van der Waals surface area contributed by atoms with Crippen molar-refractivity contribution in [2.75, 3.05) is 0 Å². The number of ketones is 1. The van der Waals surface area contributed by atoms with Crippen LogP contribution in [0.5, 0.6) is 0 Å². The molecule has 0 heterocycles. The molecule has 0 aromatic heterocycles. The number of carbonyl (C=O) groups is 2. The lowest BCUT2D eigenvalue weighted by Gasteiger charge is -2.10. The van der Waals surface area contributed by atoms with Gasteiger partial charge in [0.2, 0.25) is 5.78 Å². The molecule has 2 aromatic rings. The van der Waals surface area contributed by atoms with Crippen molar-refractivity contribution < 1.29 is 14.4 Å². The average molecular weight is 396 g/mol. The Morgan fingerprint density at radius 2 is 1.64 bits per heavy atom. The second-order valence-corrected chi connectivity index (χ2v) is 8.23. The molecule has 146 valence electrons. The van der Waals surface area contributed by atoms with E-state index in [4.69, 9.17) is 4.84 Å². The Morgan fingerprint density at radius 1 is 1.00 bits per heavy atom. The van der Waals surface area contributed by atoms with Crippen LogP contribution in [0, 0.1) is 5.92 Å². The van der Waals surface area contributed by atoms with Gasteiger partial charge >= 0.3 is 5.97 Å². The third-order valence-electron chi connectivity index (χ3n) is 4.91. The zero-order chi connectivity index (χ0) is 19.8. The fourth-order valence-electron chi connectivity index (χ4n) is 3.43. The van der Waals surface area contributed by atoms with Crippen LogP contribution in [0.25, 0.3) is 0 Å². The zero-order valence-electron chi connectivity index (χ0n) is 16.1. The topological polar surface area (TPSA) is 55.7 Å². The van der Waals surface area contributed by atoms with Crippen molar-refractivity contribution in [1.29, 1.82) is 0 Å².